The molecule has 6 heteroatoms. The van der Waals surface area contributed by atoms with Crippen LogP contribution in [0.5, 0.6) is 5.75 Å². The Labute approximate surface area is 139 Å². The van der Waals surface area contributed by atoms with Gasteiger partial charge in [0.15, 0.2) is 0 Å². The summed E-state index contributed by atoms with van der Waals surface area (Å²) < 4.78 is 9.47. The molecular weight excluding hydrogens is 494 g/mol. The third-order valence-electron chi connectivity index (χ3n) is 2.12. The van der Waals surface area contributed by atoms with E-state index in [-0.39, 0.29) is 0 Å². The van der Waals surface area contributed by atoms with Crippen LogP contribution >= 0.6 is 63.7 Å². The van der Waals surface area contributed by atoms with Gasteiger partial charge in [0.05, 0.1) is 14.6 Å². The number of pyridine rings is 1. The lowest BCUT2D eigenvalue weighted by Crippen LogP contribution is -1.99. The summed E-state index contributed by atoms with van der Waals surface area (Å²) in [7, 11) is 0. The highest BCUT2D eigenvalue weighted by molar-refractivity contribution is 9.11. The van der Waals surface area contributed by atoms with Crippen LogP contribution < -0.4 is 4.74 Å². The highest BCUT2D eigenvalue weighted by Gasteiger charge is 2.08. The van der Waals surface area contributed by atoms with E-state index < -0.39 is 0 Å². The van der Waals surface area contributed by atoms with Gasteiger partial charge in [-0.1, -0.05) is 15.9 Å². The first-order valence-corrected chi connectivity index (χ1v) is 8.11. The predicted molar refractivity (Wildman–Crippen MR) is 85.8 cm³/mol. The molecule has 2 nitrogen and oxygen atoms in total. The first-order chi connectivity index (χ1) is 8.56. The SMILES string of the molecule is Brc1ccc(COc2c(Br)cc(Br)cc2Br)nc1. The molecule has 0 bridgehead atoms. The molecule has 1 heterocycles. The second-order valence-electron chi connectivity index (χ2n) is 3.45. The van der Waals surface area contributed by atoms with Gasteiger partial charge in [-0.15, -0.1) is 0 Å². The van der Waals surface area contributed by atoms with Crippen LogP contribution in [0, 0.1) is 0 Å². The lowest BCUT2D eigenvalue weighted by atomic mass is 10.3. The predicted octanol–water partition coefficient (Wildman–Crippen LogP) is 5.71. The molecule has 0 atom stereocenters. The number of hydrogen-bond donors (Lipinski definition) is 0. The fourth-order valence-electron chi connectivity index (χ4n) is 1.30. The van der Waals surface area contributed by atoms with E-state index >= 15 is 0 Å². The number of ether oxygens (including phenoxy) is 1. The van der Waals surface area contributed by atoms with Crippen molar-refractivity contribution in [3.63, 3.8) is 0 Å². The molecule has 0 aliphatic heterocycles. The summed E-state index contributed by atoms with van der Waals surface area (Å²) in [5, 5.41) is 0. The summed E-state index contributed by atoms with van der Waals surface area (Å²) >= 11 is 13.7. The molecule has 1 aromatic heterocycles. The smallest absolute Gasteiger partial charge is 0.148 e. The normalized spacial score (nSPS) is 10.4. The second-order valence-corrected chi connectivity index (χ2v) is 7.00. The zero-order valence-corrected chi connectivity index (χ0v) is 15.3. The lowest BCUT2D eigenvalue weighted by Gasteiger charge is -2.10. The average Bonchev–Trinajstić information content (AvgIpc) is 2.30. The molecule has 0 amide bonds. The van der Waals surface area contributed by atoms with Gasteiger partial charge in [0.1, 0.15) is 12.4 Å². The van der Waals surface area contributed by atoms with E-state index in [0.29, 0.717) is 6.61 Å². The van der Waals surface area contributed by atoms with E-state index in [4.69, 9.17) is 4.74 Å². The van der Waals surface area contributed by atoms with Crippen molar-refractivity contribution in [3.05, 3.63) is 54.0 Å². The summed E-state index contributed by atoms with van der Waals surface area (Å²) in [6, 6.07) is 7.74. The van der Waals surface area contributed by atoms with Crippen molar-refractivity contribution in [2.45, 2.75) is 6.61 Å². The number of rotatable bonds is 3. The van der Waals surface area contributed by atoms with Crippen molar-refractivity contribution in [3.8, 4) is 5.75 Å². The van der Waals surface area contributed by atoms with Crippen molar-refractivity contribution < 1.29 is 4.74 Å². The van der Waals surface area contributed by atoms with Crippen molar-refractivity contribution in [2.75, 3.05) is 0 Å². The van der Waals surface area contributed by atoms with Gasteiger partial charge in [0, 0.05) is 15.1 Å². The van der Waals surface area contributed by atoms with Crippen LogP contribution in [0.2, 0.25) is 0 Å². The van der Waals surface area contributed by atoms with Crippen LogP contribution in [0.15, 0.2) is 48.4 Å². The average molecular weight is 501 g/mol. The van der Waals surface area contributed by atoms with E-state index in [1.54, 1.807) is 6.20 Å². The Morgan fingerprint density at radius 3 is 2.17 bits per heavy atom. The summed E-state index contributed by atoms with van der Waals surface area (Å²) in [4.78, 5) is 4.26. The monoisotopic (exact) mass is 497 g/mol. The summed E-state index contributed by atoms with van der Waals surface area (Å²) in [6.45, 7) is 0.423. The van der Waals surface area contributed by atoms with Crippen LogP contribution in [-0.2, 0) is 6.61 Å². The van der Waals surface area contributed by atoms with E-state index in [1.165, 1.54) is 0 Å². The summed E-state index contributed by atoms with van der Waals surface area (Å²) in [5.41, 5.74) is 0.875. The van der Waals surface area contributed by atoms with Crippen LogP contribution in [0.25, 0.3) is 0 Å². The Kier molecular flexibility index (Phi) is 5.24. The minimum Gasteiger partial charge on any atom is -0.485 e. The summed E-state index contributed by atoms with van der Waals surface area (Å²) in [6.07, 6.45) is 1.75. The number of nitrogens with zero attached hydrogens (tertiary/aromatic N) is 1. The third kappa shape index (κ3) is 3.79. The van der Waals surface area contributed by atoms with Gasteiger partial charge in [0.25, 0.3) is 0 Å². The maximum atomic E-state index is 5.76. The molecule has 0 radical (unpaired) electrons. The van der Waals surface area contributed by atoms with Crippen molar-refractivity contribution in [1.82, 2.24) is 4.98 Å². The Morgan fingerprint density at radius 1 is 0.944 bits per heavy atom. The highest BCUT2D eigenvalue weighted by atomic mass is 79.9. The van der Waals surface area contributed by atoms with E-state index in [1.807, 2.05) is 24.3 Å². The maximum Gasteiger partial charge on any atom is 0.148 e. The van der Waals surface area contributed by atoms with Crippen molar-refractivity contribution in [2.24, 2.45) is 0 Å². The van der Waals surface area contributed by atoms with E-state index in [0.717, 1.165) is 29.3 Å². The zero-order valence-electron chi connectivity index (χ0n) is 8.96. The van der Waals surface area contributed by atoms with Crippen LogP contribution in [0.4, 0.5) is 0 Å². The zero-order chi connectivity index (χ0) is 13.1. The Hall–Kier alpha value is 0.0900. The number of halogens is 4. The van der Waals surface area contributed by atoms with Gasteiger partial charge in [-0.2, -0.15) is 0 Å². The van der Waals surface area contributed by atoms with E-state index in [2.05, 4.69) is 68.7 Å². The first kappa shape index (κ1) is 14.5. The molecule has 0 N–H and O–H groups in total. The van der Waals surface area contributed by atoms with Gasteiger partial charge >= 0.3 is 0 Å². The van der Waals surface area contributed by atoms with Gasteiger partial charge in [0.2, 0.25) is 0 Å². The largest absolute Gasteiger partial charge is 0.485 e. The van der Waals surface area contributed by atoms with Gasteiger partial charge in [-0.25, -0.2) is 0 Å². The molecule has 0 unspecified atom stereocenters. The Morgan fingerprint density at radius 2 is 1.61 bits per heavy atom. The standard InChI is InChI=1S/C12H7Br4NO/c13-7-1-2-9(17-5-7)6-18-12-10(15)3-8(14)4-11(12)16/h1-5H,6H2. The lowest BCUT2D eigenvalue weighted by molar-refractivity contribution is 0.297. The molecule has 0 aliphatic rings. The molecule has 1 aromatic carbocycles. The molecule has 0 fully saturated rings. The van der Waals surface area contributed by atoms with Crippen LogP contribution in [0.1, 0.15) is 5.69 Å². The van der Waals surface area contributed by atoms with Crippen LogP contribution in [-0.4, -0.2) is 4.98 Å². The number of benzene rings is 1. The van der Waals surface area contributed by atoms with Crippen LogP contribution in [0.3, 0.4) is 0 Å². The summed E-state index contributed by atoms with van der Waals surface area (Å²) in [5.74, 6) is 0.767. The second kappa shape index (κ2) is 6.50. The molecule has 94 valence electrons. The topological polar surface area (TPSA) is 22.1 Å². The molecule has 18 heavy (non-hydrogen) atoms. The first-order valence-electron chi connectivity index (χ1n) is 4.94. The minimum atomic E-state index is 0.423. The quantitative estimate of drug-likeness (QED) is 0.538. The number of hydrogen-bond acceptors (Lipinski definition) is 2. The Balaban J connectivity index is 2.13. The molecule has 0 aliphatic carbocycles. The van der Waals surface area contributed by atoms with Gasteiger partial charge in [-0.05, 0) is 72.1 Å². The third-order valence-corrected chi connectivity index (χ3v) is 4.22. The molecule has 0 saturated heterocycles. The van der Waals surface area contributed by atoms with Gasteiger partial charge < -0.3 is 4.74 Å². The van der Waals surface area contributed by atoms with Crippen molar-refractivity contribution in [1.29, 1.82) is 0 Å². The van der Waals surface area contributed by atoms with Crippen molar-refractivity contribution >= 4 is 63.7 Å². The number of aromatic nitrogens is 1. The Bertz CT molecular complexity index is 533. The fraction of sp³-hybridized carbons (Fsp3) is 0.0833. The fourth-order valence-corrected chi connectivity index (χ4v) is 4.03. The molecule has 2 aromatic rings. The molecule has 0 saturated carbocycles. The molecule has 0 spiro atoms. The maximum absolute atomic E-state index is 5.76. The van der Waals surface area contributed by atoms with E-state index in [9.17, 15) is 0 Å². The molecule has 2 rings (SSSR count). The molecular formula is C12H7Br4NO. The highest BCUT2D eigenvalue weighted by Crippen LogP contribution is 2.36. The minimum absolute atomic E-state index is 0.423. The van der Waals surface area contributed by atoms with Gasteiger partial charge in [-0.3, -0.25) is 4.98 Å².